The molecule has 144 valence electrons. The molecular formula is C19H20ClNO5P-. The molecule has 1 saturated heterocycles. The third-order valence-electron chi connectivity index (χ3n) is 5.78. The van der Waals surface area contributed by atoms with Gasteiger partial charge in [0.2, 0.25) is 0 Å². The molecule has 6 nitrogen and oxygen atoms in total. The SMILES string of the molecule is CC(OP(=O)([O-])[O-])[N+]1(C)CC2c3ccccc3Oc3ccc(Cl)cc3C2C1. The molecule has 2 heterocycles. The number of phosphoric ester groups is 1. The van der Waals surface area contributed by atoms with Crippen molar-refractivity contribution < 1.29 is 28.1 Å². The van der Waals surface area contributed by atoms with Gasteiger partial charge in [-0.1, -0.05) is 29.8 Å². The molecule has 27 heavy (non-hydrogen) atoms. The first-order valence-electron chi connectivity index (χ1n) is 8.77. The lowest BCUT2D eigenvalue weighted by molar-refractivity contribution is -0.940. The molecule has 2 aromatic carbocycles. The second-order valence-electron chi connectivity index (χ2n) is 7.53. The normalized spacial score (nSPS) is 27.7. The quantitative estimate of drug-likeness (QED) is 0.576. The summed E-state index contributed by atoms with van der Waals surface area (Å²) < 4.78 is 22.4. The summed E-state index contributed by atoms with van der Waals surface area (Å²) in [7, 11) is -3.15. The van der Waals surface area contributed by atoms with E-state index in [9.17, 15) is 14.4 Å². The van der Waals surface area contributed by atoms with Gasteiger partial charge in [-0.2, -0.15) is 0 Å². The molecule has 2 aliphatic rings. The van der Waals surface area contributed by atoms with E-state index in [0.717, 1.165) is 22.6 Å². The first-order valence-corrected chi connectivity index (χ1v) is 10.6. The summed E-state index contributed by atoms with van der Waals surface area (Å²) in [5, 5.41) is 0.621. The molecule has 0 spiro atoms. The minimum absolute atomic E-state index is 0.0658. The number of nitrogens with zero attached hydrogens (tertiary/aromatic N) is 1. The second kappa shape index (κ2) is 6.59. The van der Waals surface area contributed by atoms with Crippen LogP contribution in [0.15, 0.2) is 42.5 Å². The van der Waals surface area contributed by atoms with Gasteiger partial charge in [0.05, 0.1) is 28.0 Å². The Morgan fingerprint density at radius 3 is 2.48 bits per heavy atom. The summed E-state index contributed by atoms with van der Waals surface area (Å²) in [4.78, 5) is 22.3. The van der Waals surface area contributed by atoms with E-state index in [4.69, 9.17) is 20.9 Å². The van der Waals surface area contributed by atoms with Crippen molar-refractivity contribution in [2.45, 2.75) is 25.0 Å². The number of quaternary nitrogens is 1. The summed E-state index contributed by atoms with van der Waals surface area (Å²) in [6.45, 7) is 2.87. The fraction of sp³-hybridized carbons (Fsp3) is 0.368. The smallest absolute Gasteiger partial charge is 0.194 e. The highest BCUT2D eigenvalue weighted by Crippen LogP contribution is 2.52. The number of rotatable bonds is 3. The zero-order valence-corrected chi connectivity index (χ0v) is 16.7. The molecule has 4 unspecified atom stereocenters. The van der Waals surface area contributed by atoms with Crippen molar-refractivity contribution in [3.63, 3.8) is 0 Å². The number of benzene rings is 2. The Kier molecular flexibility index (Phi) is 4.62. The monoisotopic (exact) mass is 408 g/mol. The standard InChI is InChI=1S/C19H21ClNO5P/c1-12(26-27(22,23)24)21(2)10-16-14-5-3-4-6-18(14)25-19-8-7-13(20)9-15(19)17(16)11-21/h3-9,12,16-17H,10-11H2,1-2H3,(H-,22,23,24)/p-1. The number of likely N-dealkylation sites (tertiary alicyclic amines) is 1. The average molecular weight is 409 g/mol. The highest BCUT2D eigenvalue weighted by Gasteiger charge is 2.50. The second-order valence-corrected chi connectivity index (χ2v) is 9.07. The van der Waals surface area contributed by atoms with E-state index < -0.39 is 14.1 Å². The van der Waals surface area contributed by atoms with Crippen molar-refractivity contribution in [1.82, 2.24) is 0 Å². The van der Waals surface area contributed by atoms with Crippen LogP contribution in [0, 0.1) is 0 Å². The van der Waals surface area contributed by atoms with Gasteiger partial charge >= 0.3 is 0 Å². The Morgan fingerprint density at radius 1 is 1.15 bits per heavy atom. The Labute approximate surface area is 163 Å². The van der Waals surface area contributed by atoms with E-state index in [0.29, 0.717) is 22.6 Å². The Morgan fingerprint density at radius 2 is 1.78 bits per heavy atom. The van der Waals surface area contributed by atoms with Crippen LogP contribution in [0.1, 0.15) is 29.9 Å². The zero-order chi connectivity index (χ0) is 19.4. The van der Waals surface area contributed by atoms with Gasteiger partial charge in [0.1, 0.15) is 11.5 Å². The maximum Gasteiger partial charge on any atom is 0.194 e. The topological polar surface area (TPSA) is 81.7 Å². The van der Waals surface area contributed by atoms with Crippen molar-refractivity contribution in [2.24, 2.45) is 0 Å². The fourth-order valence-corrected chi connectivity index (χ4v) is 5.14. The minimum atomic E-state index is -5.07. The van der Waals surface area contributed by atoms with Crippen LogP contribution in [-0.4, -0.2) is 30.8 Å². The molecule has 0 amide bonds. The number of ether oxygens (including phenoxy) is 1. The van der Waals surface area contributed by atoms with Crippen molar-refractivity contribution >= 4 is 19.4 Å². The van der Waals surface area contributed by atoms with Gasteiger partial charge in [-0.15, -0.1) is 0 Å². The fourth-order valence-electron chi connectivity index (χ4n) is 4.36. The lowest BCUT2D eigenvalue weighted by Crippen LogP contribution is -2.51. The molecule has 2 aliphatic heterocycles. The molecule has 4 atom stereocenters. The van der Waals surface area contributed by atoms with Crippen LogP contribution < -0.4 is 14.5 Å². The van der Waals surface area contributed by atoms with Crippen molar-refractivity contribution in [3.05, 3.63) is 58.6 Å². The number of fused-ring (bicyclic) bond motifs is 5. The highest BCUT2D eigenvalue weighted by atomic mass is 35.5. The summed E-state index contributed by atoms with van der Waals surface area (Å²) >= 11 is 6.25. The molecule has 2 aromatic rings. The third kappa shape index (κ3) is 3.54. The maximum absolute atomic E-state index is 11.2. The molecule has 0 aromatic heterocycles. The number of hydrogen-bond acceptors (Lipinski definition) is 5. The van der Waals surface area contributed by atoms with Crippen LogP contribution in [-0.2, 0) is 9.09 Å². The van der Waals surface area contributed by atoms with E-state index in [1.165, 1.54) is 0 Å². The van der Waals surface area contributed by atoms with E-state index in [1.807, 2.05) is 43.4 Å². The Bertz CT molecular complexity index is 932. The molecule has 0 radical (unpaired) electrons. The Hall–Kier alpha value is -1.40. The number of phosphoric acid groups is 1. The molecule has 0 aliphatic carbocycles. The van der Waals surface area contributed by atoms with E-state index in [1.54, 1.807) is 13.0 Å². The molecule has 0 N–H and O–H groups in total. The van der Waals surface area contributed by atoms with E-state index in [2.05, 4.69) is 0 Å². The summed E-state index contributed by atoms with van der Waals surface area (Å²) in [6, 6.07) is 13.4. The predicted octanol–water partition coefficient (Wildman–Crippen LogP) is 2.96. The highest BCUT2D eigenvalue weighted by molar-refractivity contribution is 7.43. The van der Waals surface area contributed by atoms with Gasteiger partial charge in [-0.05, 0) is 24.3 Å². The first kappa shape index (κ1) is 18.9. The summed E-state index contributed by atoms with van der Waals surface area (Å²) in [5.41, 5.74) is 2.06. The van der Waals surface area contributed by atoms with Crippen LogP contribution in [0.4, 0.5) is 0 Å². The number of para-hydroxylation sites is 1. The summed E-state index contributed by atoms with van der Waals surface area (Å²) in [5.74, 6) is 1.69. The molecule has 8 heteroatoms. The summed E-state index contributed by atoms with van der Waals surface area (Å²) in [6.07, 6.45) is -0.770. The van der Waals surface area contributed by atoms with Gasteiger partial charge in [0, 0.05) is 34.9 Å². The number of hydrogen-bond donors (Lipinski definition) is 0. The average Bonchev–Trinajstić information content (AvgIpc) is 2.89. The van der Waals surface area contributed by atoms with E-state index in [-0.39, 0.29) is 11.8 Å². The van der Waals surface area contributed by atoms with Crippen LogP contribution in [0.3, 0.4) is 0 Å². The van der Waals surface area contributed by atoms with Gasteiger partial charge < -0.3 is 19.1 Å². The number of likely N-dealkylation sites (N-methyl/N-ethyl adjacent to an activating group) is 1. The lowest BCUT2D eigenvalue weighted by atomic mass is 9.84. The molecule has 1 fully saturated rings. The largest absolute Gasteiger partial charge is 0.790 e. The van der Waals surface area contributed by atoms with Crippen molar-refractivity contribution in [2.75, 3.05) is 20.1 Å². The molecule has 4 rings (SSSR count). The van der Waals surface area contributed by atoms with Gasteiger partial charge in [-0.25, -0.2) is 0 Å². The van der Waals surface area contributed by atoms with Crippen molar-refractivity contribution in [3.8, 4) is 11.5 Å². The van der Waals surface area contributed by atoms with Crippen LogP contribution in [0.25, 0.3) is 0 Å². The van der Waals surface area contributed by atoms with Gasteiger partial charge in [-0.3, -0.25) is 9.01 Å². The number of halogens is 1. The lowest BCUT2D eigenvalue weighted by Gasteiger charge is -2.41. The first-order chi connectivity index (χ1) is 12.7. The van der Waals surface area contributed by atoms with E-state index >= 15 is 0 Å². The minimum Gasteiger partial charge on any atom is -0.790 e. The van der Waals surface area contributed by atoms with Gasteiger partial charge in [0.25, 0.3) is 0 Å². The molecule has 0 bridgehead atoms. The van der Waals surface area contributed by atoms with Crippen LogP contribution >= 0.6 is 19.4 Å². The van der Waals surface area contributed by atoms with Crippen LogP contribution in [0.2, 0.25) is 5.02 Å². The predicted molar refractivity (Wildman–Crippen MR) is 97.5 cm³/mol. The molecular weight excluding hydrogens is 389 g/mol. The van der Waals surface area contributed by atoms with Crippen LogP contribution in [0.5, 0.6) is 11.5 Å². The zero-order valence-electron chi connectivity index (χ0n) is 15.0. The van der Waals surface area contributed by atoms with Gasteiger partial charge in [0.15, 0.2) is 6.23 Å². The van der Waals surface area contributed by atoms with Crippen molar-refractivity contribution in [1.29, 1.82) is 0 Å². The third-order valence-corrected chi connectivity index (χ3v) is 6.58. The Balaban J connectivity index is 1.79. The molecule has 0 saturated carbocycles. The maximum atomic E-state index is 11.2.